The van der Waals surface area contributed by atoms with E-state index in [2.05, 4.69) is 318 Å². The summed E-state index contributed by atoms with van der Waals surface area (Å²) in [6.07, 6.45) is 0. The molecule has 3 aromatic heterocycles. The zero-order valence-corrected chi connectivity index (χ0v) is 54.6. The topological polar surface area (TPSA) is 24.6 Å². The third-order valence-corrected chi connectivity index (χ3v) is 20.4. The van der Waals surface area contributed by atoms with Crippen molar-refractivity contribution in [1.29, 1.82) is 0 Å². The van der Waals surface area contributed by atoms with Crippen molar-refractivity contribution < 1.29 is 4.42 Å². The fourth-order valence-corrected chi connectivity index (χ4v) is 15.5. The highest BCUT2D eigenvalue weighted by molar-refractivity contribution is 7.33. The average molecular weight is 1160 g/mol. The number of benzene rings is 10. The van der Waals surface area contributed by atoms with Crippen LogP contribution in [0.1, 0.15) is 132 Å². The Hall–Kier alpha value is -8.58. The van der Waals surface area contributed by atoms with E-state index in [1.54, 1.807) is 0 Å². The fraction of sp³-hybridized carbons (Fsp3) is 0.244. The second-order valence-corrected chi connectivity index (χ2v) is 31.3. The molecule has 6 heteroatoms. The van der Waals surface area contributed by atoms with Crippen LogP contribution in [0.25, 0.3) is 81.8 Å². The van der Waals surface area contributed by atoms with Gasteiger partial charge < -0.3 is 18.8 Å². The minimum Gasteiger partial charge on any atom is -0.454 e. The van der Waals surface area contributed by atoms with Gasteiger partial charge in [-0.25, -0.2) is 0 Å². The van der Waals surface area contributed by atoms with Crippen LogP contribution in [0.2, 0.25) is 0 Å². The van der Waals surface area contributed by atoms with Gasteiger partial charge in [0.25, 0.3) is 6.71 Å². The molecular weight excluding hydrogens is 1090 g/mol. The molecule has 0 aliphatic carbocycles. The van der Waals surface area contributed by atoms with Gasteiger partial charge in [0, 0.05) is 64.6 Å². The number of rotatable bonds is 5. The Labute approximate surface area is 524 Å². The molecule has 5 heterocycles. The summed E-state index contributed by atoms with van der Waals surface area (Å²) in [4.78, 5) is 5.32. The molecule has 0 radical (unpaired) electrons. The minimum absolute atomic E-state index is 0.000196. The van der Waals surface area contributed by atoms with Crippen molar-refractivity contribution in [2.45, 2.75) is 131 Å². The lowest BCUT2D eigenvalue weighted by Gasteiger charge is -2.44. The Balaban J connectivity index is 1.13. The molecule has 0 amide bonds. The van der Waals surface area contributed by atoms with E-state index in [0.717, 1.165) is 56.1 Å². The van der Waals surface area contributed by atoms with Gasteiger partial charge in [-0.05, 0) is 156 Å². The Kier molecular flexibility index (Phi) is 12.4. The second-order valence-electron chi connectivity index (χ2n) is 30.2. The summed E-state index contributed by atoms with van der Waals surface area (Å²) >= 11 is 1.96. The Morgan fingerprint density at radius 1 is 0.364 bits per heavy atom. The Morgan fingerprint density at radius 2 is 0.830 bits per heavy atom. The number of furan rings is 1. The molecule has 4 nitrogen and oxygen atoms in total. The smallest absolute Gasteiger partial charge is 0.264 e. The third-order valence-electron chi connectivity index (χ3n) is 19.2. The van der Waals surface area contributed by atoms with Gasteiger partial charge in [0.1, 0.15) is 5.58 Å². The van der Waals surface area contributed by atoms with Crippen LogP contribution in [-0.2, 0) is 27.1 Å². The van der Waals surface area contributed by atoms with Gasteiger partial charge >= 0.3 is 0 Å². The maximum Gasteiger partial charge on any atom is 0.264 e. The lowest BCUT2D eigenvalue weighted by atomic mass is 9.36. The quantitative estimate of drug-likeness (QED) is 0.161. The van der Waals surface area contributed by atoms with Gasteiger partial charge in [0.15, 0.2) is 5.58 Å². The molecule has 0 unspecified atom stereocenters. The SMILES string of the molecule is CC(C)(C)c1ccc(-c2cc(C(C)(C)C)ccc2N2c3ccc(-n4c5ccccc5c5ccccc54)cc3B3c4sc5ccc(C(C)(C)C)cc5c4N(c4ccc(C(C)(C)C)cc4-c4ccc(C(C)(C)C)cc4)c4c3c2cc2c4oc3ccccc32)cc1. The highest BCUT2D eigenvalue weighted by Gasteiger charge is 2.48. The minimum atomic E-state index is -0.199. The second kappa shape index (κ2) is 19.5. The first-order valence-electron chi connectivity index (χ1n) is 31.6. The normalized spacial score (nSPS) is 13.8. The van der Waals surface area contributed by atoms with Gasteiger partial charge in [0.2, 0.25) is 0 Å². The van der Waals surface area contributed by atoms with E-state index in [1.807, 2.05) is 11.3 Å². The van der Waals surface area contributed by atoms with Crippen LogP contribution in [0.3, 0.4) is 0 Å². The summed E-state index contributed by atoms with van der Waals surface area (Å²) in [5, 5.41) is 5.93. The lowest BCUT2D eigenvalue weighted by molar-refractivity contribution is 0.589. The third kappa shape index (κ3) is 8.82. The fourth-order valence-electron chi connectivity index (χ4n) is 14.2. The predicted molar refractivity (Wildman–Crippen MR) is 382 cm³/mol. The summed E-state index contributed by atoms with van der Waals surface area (Å²) in [5.41, 5.74) is 25.6. The van der Waals surface area contributed by atoms with Crippen molar-refractivity contribution in [3.05, 3.63) is 228 Å². The Morgan fingerprint density at radius 3 is 1.38 bits per heavy atom. The van der Waals surface area contributed by atoms with E-state index >= 15 is 0 Å². The first-order chi connectivity index (χ1) is 41.8. The van der Waals surface area contributed by atoms with Gasteiger partial charge in [-0.15, -0.1) is 11.3 Å². The summed E-state index contributed by atoms with van der Waals surface area (Å²) in [7, 11) is 0. The van der Waals surface area contributed by atoms with E-state index in [4.69, 9.17) is 4.42 Å². The summed E-state index contributed by atoms with van der Waals surface area (Å²) in [5.74, 6) is 0. The zero-order chi connectivity index (χ0) is 61.3. The van der Waals surface area contributed by atoms with E-state index in [-0.39, 0.29) is 33.8 Å². The zero-order valence-electron chi connectivity index (χ0n) is 53.8. The molecule has 0 fully saturated rings. The van der Waals surface area contributed by atoms with Crippen LogP contribution in [-0.4, -0.2) is 11.3 Å². The van der Waals surface area contributed by atoms with E-state index < -0.39 is 0 Å². The monoisotopic (exact) mass is 1160 g/mol. The van der Waals surface area contributed by atoms with Crippen LogP contribution < -0.4 is 25.5 Å². The van der Waals surface area contributed by atoms with Crippen LogP contribution >= 0.6 is 11.3 Å². The molecule has 0 spiro atoms. The first-order valence-corrected chi connectivity index (χ1v) is 32.4. The molecule has 0 N–H and O–H groups in total. The molecule has 88 heavy (non-hydrogen) atoms. The predicted octanol–water partition coefficient (Wildman–Crippen LogP) is 21.8. The molecule has 10 aromatic carbocycles. The molecule has 436 valence electrons. The number of fused-ring (bicyclic) bond motifs is 13. The van der Waals surface area contributed by atoms with Gasteiger partial charge in [-0.2, -0.15) is 0 Å². The lowest BCUT2D eigenvalue weighted by Crippen LogP contribution is -2.60. The van der Waals surface area contributed by atoms with Crippen molar-refractivity contribution in [1.82, 2.24) is 4.57 Å². The van der Waals surface area contributed by atoms with Crippen LogP contribution in [0.5, 0.6) is 0 Å². The molecular formula is C82H78BN3OS. The average Bonchev–Trinajstić information content (AvgIpc) is 1.30. The number of thiophene rings is 1. The van der Waals surface area contributed by atoms with E-state index in [0.29, 0.717) is 0 Å². The van der Waals surface area contributed by atoms with Crippen molar-refractivity contribution in [3.63, 3.8) is 0 Å². The number of hydrogen-bond donors (Lipinski definition) is 0. The molecule has 0 saturated heterocycles. The number of hydrogen-bond acceptors (Lipinski definition) is 4. The summed E-state index contributed by atoms with van der Waals surface area (Å²) in [6.45, 7) is 34.7. The Bertz CT molecular complexity index is 4940. The van der Waals surface area contributed by atoms with Crippen LogP contribution in [0.15, 0.2) is 205 Å². The van der Waals surface area contributed by atoms with Crippen molar-refractivity contribution in [2.75, 3.05) is 9.80 Å². The summed E-state index contributed by atoms with van der Waals surface area (Å²) in [6, 6.07) is 77.1. The van der Waals surface area contributed by atoms with Crippen LogP contribution in [0.4, 0.5) is 34.1 Å². The van der Waals surface area contributed by atoms with Crippen molar-refractivity contribution in [2.24, 2.45) is 0 Å². The molecule has 0 atom stereocenters. The van der Waals surface area contributed by atoms with Crippen molar-refractivity contribution in [3.8, 4) is 27.9 Å². The molecule has 0 saturated carbocycles. The maximum absolute atomic E-state index is 7.56. The van der Waals surface area contributed by atoms with E-state index in [1.165, 1.54) is 103 Å². The summed E-state index contributed by atoms with van der Waals surface area (Å²) < 4.78 is 12.6. The maximum atomic E-state index is 7.56. The molecule has 13 aromatic rings. The number of aromatic nitrogens is 1. The number of nitrogens with zero attached hydrogens (tertiary/aromatic N) is 3. The highest BCUT2D eigenvalue weighted by Crippen LogP contribution is 2.55. The molecule has 2 aliphatic rings. The number of anilines is 6. The van der Waals surface area contributed by atoms with Crippen LogP contribution in [0, 0.1) is 0 Å². The van der Waals surface area contributed by atoms with Gasteiger partial charge in [-0.3, -0.25) is 0 Å². The highest BCUT2D eigenvalue weighted by atomic mass is 32.1. The van der Waals surface area contributed by atoms with Crippen molar-refractivity contribution >= 4 is 122 Å². The molecule has 0 bridgehead atoms. The first kappa shape index (κ1) is 56.0. The van der Waals surface area contributed by atoms with Gasteiger partial charge in [-0.1, -0.05) is 225 Å². The standard InChI is InChI=1S/C82H78BN3OS/c1-78(2,3)51-32-28-49(29-33-51)60-44-53(80(7,8)9)36-40-67(60)85-69-42-39-56(84-65-25-19-16-22-57(65)58-23-17-20-26-66(58)84)47-64(69)83-73-70(85)48-62-59-24-18-21-27-71(59)87-76(62)75(73)86(74-63-46-55(82(13,14)15)38-43-72(63)88-77(74)83)68-41-37-54(81(10,11)12)45-61(68)50-30-34-52(35-31-50)79(4,5)6/h16-48H,1-15H3. The molecule has 2 aliphatic heterocycles. The molecule has 15 rings (SSSR count). The number of para-hydroxylation sites is 3. The van der Waals surface area contributed by atoms with Gasteiger partial charge in [0.05, 0.1) is 33.8 Å². The van der Waals surface area contributed by atoms with E-state index in [9.17, 15) is 0 Å². The largest absolute Gasteiger partial charge is 0.454 e.